The number of rotatable bonds is 14. The van der Waals surface area contributed by atoms with Crippen LogP contribution in [0.5, 0.6) is 11.5 Å². The Morgan fingerprint density at radius 2 is 0.625 bits per heavy atom. The normalized spacial score (nSPS) is 9.18. The van der Waals surface area contributed by atoms with E-state index in [0.29, 0.717) is 24.3 Å². The molecule has 0 aromatic heterocycles. The molecule has 2 atom stereocenters. The molecule has 0 amide bonds. The minimum absolute atomic E-state index is 0. The average Bonchev–Trinajstić information content (AvgIpc) is 0.877. The molecule has 27 heteroatoms. The van der Waals surface area contributed by atoms with Gasteiger partial charge in [0, 0.05) is 195 Å². The zero-order valence-corrected chi connectivity index (χ0v) is 98.5. The number of Topliss-reactive ketones (excluding diaryl/α,β-unsaturated/α-hetero) is 6. The molecule has 0 heterocycles. The summed E-state index contributed by atoms with van der Waals surface area (Å²) in [5.74, 6) is -0.791. The molecule has 6 aromatic carbocycles. The van der Waals surface area contributed by atoms with Gasteiger partial charge in [0.1, 0.15) is 29.2 Å². The van der Waals surface area contributed by atoms with Crippen molar-refractivity contribution in [2.75, 3.05) is 7.11 Å². The van der Waals surface area contributed by atoms with E-state index in [0.717, 1.165) is 56.1 Å². The van der Waals surface area contributed by atoms with Gasteiger partial charge >= 0.3 is 17.9 Å². The predicted octanol–water partition coefficient (Wildman–Crippen LogP) is 25.8. The van der Waals surface area contributed by atoms with Crippen LogP contribution in [0.1, 0.15) is 316 Å². The molecule has 0 aliphatic heterocycles. The van der Waals surface area contributed by atoms with Crippen LogP contribution >= 0.6 is 23.5 Å². The fraction of sp³-hybridized carbons (Fsp3) is 0.495. The largest absolute Gasteiger partial charge is 0.545 e. The maximum absolute atomic E-state index is 10.9. The van der Waals surface area contributed by atoms with Crippen LogP contribution < -0.4 is 9.47 Å². The number of carbonyl (C=O) groups is 11. The number of aryl methyl sites for hydroxylation is 3. The summed E-state index contributed by atoms with van der Waals surface area (Å²) in [5.41, 5.74) is 5.89. The van der Waals surface area contributed by atoms with Crippen molar-refractivity contribution >= 4 is 131 Å². The van der Waals surface area contributed by atoms with Gasteiger partial charge < -0.3 is 49.8 Å². The second-order valence-electron chi connectivity index (χ2n) is 29.0. The van der Waals surface area contributed by atoms with Crippen molar-refractivity contribution < 1.29 is 212 Å². The second-order valence-corrected chi connectivity index (χ2v) is 31.1. The van der Waals surface area contributed by atoms with Gasteiger partial charge in [-0.05, 0) is 111 Å². The molecule has 6 aromatic rings. The number of para-hydroxylation sites is 2. The standard InChI is InChI=1S/C11H13O2.C11H15O.2C9H8O3.2C9H8O2S.2C7H14O.2C4H9B.2C3H6B.6C2H6.2CHO.CH4.4Y/c1-8-5-4-6-11(7-8)9(2)13-10(3)12;1-8-5-9(2)7-11(6-8)10(3)12-4;4*1-7(10)9(11)12-8-5-3-2-4-6-8;2*1-6(8)5-7(2,3)4;2*1-4(2,3)5;2*1-3(2)4;8*1-2;;;;;/h4-6,9H,1-3H3;6-7,10H,1-4H3;4*2-6H,1H3;2*5H2,1-4H3;2*1-3H3;2*1-2H3;6*1-2H3;2*1H;1H4;;;;/q2*-1;;;;;;;;;2*-1;;;;;;;2*-1;;;;;. The third-order valence-corrected chi connectivity index (χ3v) is 12.2. The van der Waals surface area contributed by atoms with Gasteiger partial charge in [-0.15, -0.1) is 11.1 Å². The van der Waals surface area contributed by atoms with Crippen LogP contribution in [0.4, 0.5) is 0 Å². The Bertz CT molecular complexity index is 3240. The molecule has 0 bridgehead atoms. The van der Waals surface area contributed by atoms with Gasteiger partial charge in [0.2, 0.25) is 23.1 Å². The van der Waals surface area contributed by atoms with Crippen molar-refractivity contribution in [3.63, 3.8) is 0 Å². The maximum Gasteiger partial charge on any atom is 0.379 e. The number of hydrogen-bond acceptors (Lipinski definition) is 19. The third kappa shape index (κ3) is 159. The van der Waals surface area contributed by atoms with Gasteiger partial charge in [-0.1, -0.05) is 278 Å². The summed E-state index contributed by atoms with van der Waals surface area (Å²) in [5, 5.41) is -0.831. The molecule has 2 unspecified atom stereocenters. The molecule has 0 aliphatic carbocycles. The number of ketones is 6. The average molecular weight is 2110 g/mol. The van der Waals surface area contributed by atoms with Crippen LogP contribution in [-0.2, 0) is 203 Å². The molecule has 0 saturated carbocycles. The quantitative estimate of drug-likeness (QED) is 0.0187. The Hall–Kier alpha value is -4.23. The van der Waals surface area contributed by atoms with Gasteiger partial charge in [-0.25, -0.2) is 9.59 Å². The van der Waals surface area contributed by atoms with Gasteiger partial charge in [-0.2, -0.15) is 103 Å². The molecule has 12 radical (unpaired) electrons. The molecule has 17 nitrogen and oxygen atoms in total. The minimum Gasteiger partial charge on any atom is -0.545 e. The Balaban J connectivity index is -0.0000000592. The minimum atomic E-state index is -0.832. The molecule has 128 heavy (non-hydrogen) atoms. The van der Waals surface area contributed by atoms with Crippen LogP contribution in [0, 0.1) is 55.4 Å². The number of thioether (sulfide) groups is 2. The molecule has 6 rings (SSSR count). The fourth-order valence-corrected chi connectivity index (χ4v) is 7.92. The number of ether oxygens (including phenoxy) is 4. The molecular formula is C101H160B4O17S2Y4-6. The van der Waals surface area contributed by atoms with Crippen LogP contribution in [0.3, 0.4) is 0 Å². The van der Waals surface area contributed by atoms with E-state index in [-0.39, 0.29) is 189 Å². The summed E-state index contributed by atoms with van der Waals surface area (Å²) in [6.07, 6.45) is 1.34. The van der Waals surface area contributed by atoms with Crippen LogP contribution in [0.2, 0.25) is 10.6 Å². The first-order valence-corrected chi connectivity index (χ1v) is 42.4. The second kappa shape index (κ2) is 113. The first-order valence-electron chi connectivity index (χ1n) is 40.8. The van der Waals surface area contributed by atoms with Crippen molar-refractivity contribution in [1.29, 1.82) is 0 Å². The summed E-state index contributed by atoms with van der Waals surface area (Å²) < 4.78 is 19.6. The topological polar surface area (TPSA) is 259 Å². The van der Waals surface area contributed by atoms with Crippen LogP contribution in [0.15, 0.2) is 161 Å². The number of benzene rings is 6. The molecule has 0 N–H and O–H groups in total. The summed E-state index contributed by atoms with van der Waals surface area (Å²) in [7, 11) is 22.5. The zero-order chi connectivity index (χ0) is 101. The first-order chi connectivity index (χ1) is 56.8. The molecule has 0 fully saturated rings. The Morgan fingerprint density at radius 3 is 0.805 bits per heavy atom. The van der Waals surface area contributed by atoms with Gasteiger partial charge in [-0.3, -0.25) is 47.1 Å². The summed E-state index contributed by atoms with van der Waals surface area (Å²) in [4.78, 5) is 134. The monoisotopic (exact) mass is 2110 g/mol. The number of methoxy groups -OCH3 is 1. The zero-order valence-electron chi connectivity index (χ0n) is 85.5. The Labute approximate surface area is 895 Å². The van der Waals surface area contributed by atoms with Crippen molar-refractivity contribution in [1.82, 2.24) is 0 Å². The Morgan fingerprint density at radius 1 is 0.391 bits per heavy atom. The Kier molecular flexibility index (Phi) is 150. The first kappa shape index (κ1) is 170. The number of hydrogen-bond donors (Lipinski definition) is 0. The summed E-state index contributed by atoms with van der Waals surface area (Å²) in [6, 6.07) is 51.6. The van der Waals surface area contributed by atoms with Crippen molar-refractivity contribution in [2.45, 2.75) is 330 Å². The predicted molar refractivity (Wildman–Crippen MR) is 531 cm³/mol. The summed E-state index contributed by atoms with van der Waals surface area (Å²) in [6.45, 7) is 81.6. The number of carbonyl (C=O) groups excluding carboxylic acids is 13. The van der Waals surface area contributed by atoms with E-state index in [9.17, 15) is 52.7 Å². The maximum atomic E-state index is 10.9. The van der Waals surface area contributed by atoms with Crippen LogP contribution in [-0.4, -0.2) is 115 Å². The van der Waals surface area contributed by atoms with E-state index in [1.54, 1.807) is 106 Å². The van der Waals surface area contributed by atoms with E-state index in [1.165, 1.54) is 51.3 Å². The molecule has 0 aliphatic rings. The fourth-order valence-electron chi connectivity index (χ4n) is 6.62. The van der Waals surface area contributed by atoms with Crippen molar-refractivity contribution in [3.05, 3.63) is 203 Å². The molecule has 0 saturated heterocycles. The van der Waals surface area contributed by atoms with E-state index in [4.69, 9.17) is 50.4 Å². The van der Waals surface area contributed by atoms with Gasteiger partial charge in [0.05, 0.1) is 21.8 Å². The SMILES string of the molecule is C.CC.CC.CC.CC.CC.CC.CC(=O)C(=O)Oc1ccccc1.CC(=O)C(=O)Oc1ccccc1.CC(=O)C(=O)Sc1ccccc1.CC(=O)C(=O)Sc1ccccc1.CC(=O)CC(C)(C)C.CC(=O)CC(C)(C)C.CC(=O)OC(C)c1[c-]c(C)ccc1.COC(C)c1cc(C)[c-]c(C)c1.[B]C(C)(C)C.[B]C(C)(C)C.[B][C-](C)C.[B][C-](C)C.[CH-]=O.[CH-]=O.[Y].[Y].[Y].[Y]. The van der Waals surface area contributed by atoms with E-state index < -0.39 is 45.3 Å². The number of esters is 3. The van der Waals surface area contributed by atoms with Gasteiger partial charge in [0.25, 0.3) is 10.2 Å². The molecule has 0 spiro atoms. The molecule has 708 valence electrons. The third-order valence-electron chi connectivity index (χ3n) is 10.3. The van der Waals surface area contributed by atoms with E-state index >= 15 is 0 Å². The smallest absolute Gasteiger partial charge is 0.379 e. The summed E-state index contributed by atoms with van der Waals surface area (Å²) >= 11 is 1.93. The van der Waals surface area contributed by atoms with Gasteiger partial charge in [0.15, 0.2) is 0 Å². The van der Waals surface area contributed by atoms with E-state index in [1.807, 2.05) is 228 Å². The van der Waals surface area contributed by atoms with E-state index in [2.05, 4.69) is 103 Å². The van der Waals surface area contributed by atoms with Crippen LogP contribution in [0.25, 0.3) is 0 Å². The molecular weight excluding hydrogens is 1950 g/mol. The van der Waals surface area contributed by atoms with Crippen molar-refractivity contribution in [2.24, 2.45) is 10.8 Å². The van der Waals surface area contributed by atoms with Crippen molar-refractivity contribution in [3.8, 4) is 11.5 Å².